The van der Waals surface area contributed by atoms with Gasteiger partial charge in [-0.05, 0) is 89.5 Å². The zero-order chi connectivity index (χ0) is 38.2. The van der Waals surface area contributed by atoms with E-state index in [1.54, 1.807) is 0 Å². The van der Waals surface area contributed by atoms with Gasteiger partial charge in [0.1, 0.15) is 0 Å². The van der Waals surface area contributed by atoms with Crippen molar-refractivity contribution in [3.63, 3.8) is 0 Å². The fraction of sp³-hybridized carbons (Fsp3) is 0. The first kappa shape index (κ1) is 33.2. The molecule has 58 heavy (non-hydrogen) atoms. The number of hydrogen-bond donors (Lipinski definition) is 0. The van der Waals surface area contributed by atoms with Crippen molar-refractivity contribution in [2.24, 2.45) is 0 Å². The van der Waals surface area contributed by atoms with Gasteiger partial charge in [-0.2, -0.15) is 0 Å². The van der Waals surface area contributed by atoms with Crippen molar-refractivity contribution in [1.29, 1.82) is 0 Å². The Morgan fingerprint density at radius 2 is 0.931 bits per heavy atom. The van der Waals surface area contributed by atoms with Crippen LogP contribution < -0.4 is 4.90 Å². The zero-order valence-electron chi connectivity index (χ0n) is 31.3. The number of rotatable bonds is 6. The Morgan fingerprint density at radius 1 is 0.345 bits per heavy atom. The summed E-state index contributed by atoms with van der Waals surface area (Å²) in [4.78, 5) is 2.41. The van der Waals surface area contributed by atoms with Crippen molar-refractivity contribution in [2.45, 2.75) is 0 Å². The minimum Gasteiger partial charge on any atom is -0.309 e. The highest BCUT2D eigenvalue weighted by Gasteiger charge is 2.20. The number of benzene rings is 9. The number of hydrogen-bond acceptors (Lipinski definition) is 3. The molecule has 3 aromatic heterocycles. The molecule has 12 aromatic rings. The standard InChI is InChI=1S/C54H34N2S2/c1-3-14-35(15-4-1)37-28-31-49-46(32-37)41-18-7-10-22-48(41)56(49)40-33-45(53-47(34-40)43-20-9-12-25-52(43)57-53)36-26-29-39(30-27-36)55(38-16-5-2-6-17-38)50-23-13-21-44-42-19-8-11-24-51(42)58-54(44)50/h1-34H. The van der Waals surface area contributed by atoms with Crippen molar-refractivity contribution in [3.8, 4) is 27.9 Å². The summed E-state index contributed by atoms with van der Waals surface area (Å²) in [7, 11) is 0. The molecule has 0 saturated carbocycles. The van der Waals surface area contributed by atoms with Crippen molar-refractivity contribution < 1.29 is 0 Å². The molecule has 0 spiro atoms. The monoisotopic (exact) mass is 774 g/mol. The predicted octanol–water partition coefficient (Wildman–Crippen LogP) is 16.3. The van der Waals surface area contributed by atoms with E-state index in [1.807, 2.05) is 22.7 Å². The van der Waals surface area contributed by atoms with Gasteiger partial charge >= 0.3 is 0 Å². The largest absolute Gasteiger partial charge is 0.309 e. The van der Waals surface area contributed by atoms with Crippen LogP contribution in [0.25, 0.3) is 90.1 Å². The van der Waals surface area contributed by atoms with Gasteiger partial charge in [0.25, 0.3) is 0 Å². The van der Waals surface area contributed by atoms with Gasteiger partial charge in [0.2, 0.25) is 0 Å². The van der Waals surface area contributed by atoms with Gasteiger partial charge in [-0.1, -0.05) is 133 Å². The number of nitrogens with zero attached hydrogens (tertiary/aromatic N) is 2. The third kappa shape index (κ3) is 5.23. The van der Waals surface area contributed by atoms with Crippen LogP contribution in [0.5, 0.6) is 0 Å². The van der Waals surface area contributed by atoms with E-state index in [0.29, 0.717) is 0 Å². The minimum atomic E-state index is 1.13. The Bertz CT molecular complexity index is 3500. The van der Waals surface area contributed by atoms with Crippen molar-refractivity contribution in [1.82, 2.24) is 4.57 Å². The van der Waals surface area contributed by atoms with Crippen LogP contribution >= 0.6 is 22.7 Å². The molecule has 0 N–H and O–H groups in total. The first-order valence-corrected chi connectivity index (χ1v) is 21.3. The smallest absolute Gasteiger partial charge is 0.0640 e. The average molecular weight is 775 g/mol. The minimum absolute atomic E-state index is 1.13. The molecule has 9 aromatic carbocycles. The number of aromatic nitrogens is 1. The zero-order valence-corrected chi connectivity index (χ0v) is 33.0. The Balaban J connectivity index is 1.05. The molecule has 3 heterocycles. The van der Waals surface area contributed by atoms with Gasteiger partial charge in [0, 0.05) is 69.0 Å². The lowest BCUT2D eigenvalue weighted by Gasteiger charge is -2.26. The first-order valence-electron chi connectivity index (χ1n) is 19.7. The number of anilines is 3. The molecule has 2 nitrogen and oxygen atoms in total. The van der Waals surface area contributed by atoms with Gasteiger partial charge in [-0.3, -0.25) is 0 Å². The molecule has 272 valence electrons. The summed E-state index contributed by atoms with van der Waals surface area (Å²) < 4.78 is 7.67. The SMILES string of the molecule is c1ccc(-c2ccc3c(c2)c2ccccc2n3-c2cc(-c3ccc(N(c4ccccc4)c4cccc5c4sc4ccccc45)cc3)c3sc4ccccc4c3c2)cc1. The molecule has 12 rings (SSSR count). The maximum atomic E-state index is 2.46. The van der Waals surface area contributed by atoms with Gasteiger partial charge in [-0.15, -0.1) is 22.7 Å². The van der Waals surface area contributed by atoms with E-state index in [2.05, 4.69) is 216 Å². The third-order valence-electron chi connectivity index (χ3n) is 11.6. The molecule has 4 heteroatoms. The molecule has 0 aliphatic rings. The molecule has 0 fully saturated rings. The highest BCUT2D eigenvalue weighted by molar-refractivity contribution is 7.26. The van der Waals surface area contributed by atoms with Crippen molar-refractivity contribution in [3.05, 3.63) is 206 Å². The Kier molecular flexibility index (Phi) is 7.62. The van der Waals surface area contributed by atoms with Crippen molar-refractivity contribution in [2.75, 3.05) is 4.90 Å². The number of fused-ring (bicyclic) bond motifs is 9. The second-order valence-electron chi connectivity index (χ2n) is 14.9. The normalized spacial score (nSPS) is 11.8. The van der Waals surface area contributed by atoms with E-state index in [0.717, 1.165) is 17.1 Å². The van der Waals surface area contributed by atoms with Crippen LogP contribution in [0.3, 0.4) is 0 Å². The van der Waals surface area contributed by atoms with Gasteiger partial charge in [0.05, 0.1) is 21.4 Å². The quantitative estimate of drug-likeness (QED) is 0.163. The lowest BCUT2D eigenvalue weighted by Crippen LogP contribution is -2.09. The Labute approximate surface area is 343 Å². The highest BCUT2D eigenvalue weighted by atomic mass is 32.1. The molecule has 0 aliphatic carbocycles. The maximum Gasteiger partial charge on any atom is 0.0640 e. The molecule has 0 bridgehead atoms. The maximum absolute atomic E-state index is 2.46. The summed E-state index contributed by atoms with van der Waals surface area (Å²) in [6.45, 7) is 0. The third-order valence-corrected chi connectivity index (χ3v) is 14.0. The summed E-state index contributed by atoms with van der Waals surface area (Å²) >= 11 is 3.75. The molecule has 0 aliphatic heterocycles. The summed E-state index contributed by atoms with van der Waals surface area (Å²) in [5.41, 5.74) is 11.9. The fourth-order valence-electron chi connectivity index (χ4n) is 8.92. The molecule has 0 amide bonds. The lowest BCUT2D eigenvalue weighted by atomic mass is 10.0. The van der Waals surface area contributed by atoms with Crippen molar-refractivity contribution >= 4 is 102 Å². The van der Waals surface area contributed by atoms with Gasteiger partial charge < -0.3 is 9.47 Å². The number of para-hydroxylation sites is 2. The topological polar surface area (TPSA) is 8.17 Å². The van der Waals surface area contributed by atoms with Crippen LogP contribution in [0, 0.1) is 0 Å². The first-order chi connectivity index (χ1) is 28.8. The molecule has 0 saturated heterocycles. The van der Waals surface area contributed by atoms with Gasteiger partial charge in [0.15, 0.2) is 0 Å². The lowest BCUT2D eigenvalue weighted by molar-refractivity contribution is 1.19. The van der Waals surface area contributed by atoms with Crippen LogP contribution in [0.1, 0.15) is 0 Å². The van der Waals surface area contributed by atoms with E-state index < -0.39 is 0 Å². The van der Waals surface area contributed by atoms with Crippen LogP contribution in [-0.4, -0.2) is 4.57 Å². The summed E-state index contributed by atoms with van der Waals surface area (Å²) in [6, 6.07) is 75.6. The van der Waals surface area contributed by atoms with Crippen LogP contribution in [0.15, 0.2) is 206 Å². The highest BCUT2D eigenvalue weighted by Crippen LogP contribution is 2.47. The summed E-state index contributed by atoms with van der Waals surface area (Å²) in [6.07, 6.45) is 0. The predicted molar refractivity (Wildman–Crippen MR) is 252 cm³/mol. The van der Waals surface area contributed by atoms with Crippen LogP contribution in [0.2, 0.25) is 0 Å². The molecule has 0 radical (unpaired) electrons. The van der Waals surface area contributed by atoms with E-state index in [1.165, 1.54) is 90.1 Å². The van der Waals surface area contributed by atoms with E-state index in [4.69, 9.17) is 0 Å². The van der Waals surface area contributed by atoms with E-state index >= 15 is 0 Å². The average Bonchev–Trinajstić information content (AvgIpc) is 3.97. The fourth-order valence-corrected chi connectivity index (χ4v) is 11.3. The second kappa shape index (κ2) is 13.3. The molecule has 0 atom stereocenters. The molecular weight excluding hydrogens is 741 g/mol. The second-order valence-corrected chi connectivity index (χ2v) is 17.0. The van der Waals surface area contributed by atoms with E-state index in [9.17, 15) is 0 Å². The molecular formula is C54H34N2S2. The number of thiophene rings is 2. The molecule has 0 unspecified atom stereocenters. The van der Waals surface area contributed by atoms with E-state index in [-0.39, 0.29) is 0 Å². The van der Waals surface area contributed by atoms with Gasteiger partial charge in [-0.25, -0.2) is 0 Å². The summed E-state index contributed by atoms with van der Waals surface area (Å²) in [5.74, 6) is 0. The van der Waals surface area contributed by atoms with Crippen LogP contribution in [0.4, 0.5) is 17.1 Å². The summed E-state index contributed by atoms with van der Waals surface area (Å²) in [5, 5.41) is 7.69. The Hall–Kier alpha value is -6.98. The van der Waals surface area contributed by atoms with Crippen LogP contribution in [-0.2, 0) is 0 Å². The Morgan fingerprint density at radius 3 is 1.71 bits per heavy atom.